The highest BCUT2D eigenvalue weighted by molar-refractivity contribution is 5.89. The Kier molecular flexibility index (Phi) is 3.13. The lowest BCUT2D eigenvalue weighted by Gasteiger charge is -2.16. The molecule has 1 fully saturated rings. The van der Waals surface area contributed by atoms with E-state index in [0.29, 0.717) is 0 Å². The summed E-state index contributed by atoms with van der Waals surface area (Å²) in [4.78, 5) is 13.7. The first kappa shape index (κ1) is 11.0. The number of carbonyl (C=O) groups excluding carboxylic acids is 1. The summed E-state index contributed by atoms with van der Waals surface area (Å²) in [6.07, 6.45) is 2.25. The van der Waals surface area contributed by atoms with Gasteiger partial charge in [-0.25, -0.2) is 4.79 Å². The minimum absolute atomic E-state index is 0.0285. The maximum Gasteiger partial charge on any atom is 0.321 e. The van der Waals surface area contributed by atoms with Crippen molar-refractivity contribution in [2.24, 2.45) is 0 Å². The summed E-state index contributed by atoms with van der Waals surface area (Å²) >= 11 is 0. The van der Waals surface area contributed by atoms with Gasteiger partial charge in [0, 0.05) is 18.8 Å². The van der Waals surface area contributed by atoms with Crippen LogP contribution < -0.4 is 5.32 Å². The number of carbonyl (C=O) groups is 1. The number of nitrogens with one attached hydrogen (secondary N) is 1. The predicted octanol–water partition coefficient (Wildman–Crippen LogP) is 2.93. The van der Waals surface area contributed by atoms with Gasteiger partial charge in [-0.3, -0.25) is 0 Å². The fourth-order valence-electron chi connectivity index (χ4n) is 1.94. The fraction of sp³-hybridized carbons (Fsp3) is 0.462. The molecule has 3 heteroatoms. The maximum atomic E-state index is 11.8. The highest BCUT2D eigenvalue weighted by Gasteiger charge is 2.17. The molecule has 3 nitrogen and oxygen atoms in total. The Hall–Kier alpha value is -1.51. The Bertz CT molecular complexity index is 395. The van der Waals surface area contributed by atoms with Crippen LogP contribution in [0.5, 0.6) is 0 Å². The van der Waals surface area contributed by atoms with Crippen molar-refractivity contribution in [2.45, 2.75) is 26.7 Å². The smallest absolute Gasteiger partial charge is 0.321 e. The lowest BCUT2D eigenvalue weighted by atomic mass is 10.1. The second-order valence-electron chi connectivity index (χ2n) is 4.42. The van der Waals surface area contributed by atoms with Crippen LogP contribution in [0.25, 0.3) is 0 Å². The summed E-state index contributed by atoms with van der Waals surface area (Å²) in [7, 11) is 0. The van der Waals surface area contributed by atoms with Gasteiger partial charge < -0.3 is 10.2 Å². The molecule has 1 aliphatic heterocycles. The van der Waals surface area contributed by atoms with Crippen LogP contribution in [0, 0.1) is 13.8 Å². The number of amides is 2. The predicted molar refractivity (Wildman–Crippen MR) is 65.7 cm³/mol. The molecule has 0 unspecified atom stereocenters. The standard InChI is InChI=1S/C13H18N2O/c1-10-5-6-12(9-11(10)2)14-13(16)15-7-3-4-8-15/h5-6,9H,3-4,7-8H2,1-2H3,(H,14,16). The van der Waals surface area contributed by atoms with E-state index >= 15 is 0 Å². The van der Waals surface area contributed by atoms with E-state index < -0.39 is 0 Å². The topological polar surface area (TPSA) is 32.3 Å². The van der Waals surface area contributed by atoms with Crippen molar-refractivity contribution in [3.8, 4) is 0 Å². The zero-order valence-electron chi connectivity index (χ0n) is 9.92. The van der Waals surface area contributed by atoms with Crippen molar-refractivity contribution in [2.75, 3.05) is 18.4 Å². The average Bonchev–Trinajstić information content (AvgIpc) is 2.77. The average molecular weight is 218 g/mol. The summed E-state index contributed by atoms with van der Waals surface area (Å²) in [5.74, 6) is 0. The molecule has 0 radical (unpaired) electrons. The van der Waals surface area contributed by atoms with Crippen LogP contribution in [0.3, 0.4) is 0 Å². The van der Waals surface area contributed by atoms with Gasteiger partial charge in [-0.15, -0.1) is 0 Å². The molecule has 1 heterocycles. The molecule has 86 valence electrons. The SMILES string of the molecule is Cc1ccc(NC(=O)N2CCCC2)cc1C. The van der Waals surface area contributed by atoms with Crippen LogP contribution in [0.1, 0.15) is 24.0 Å². The number of urea groups is 1. The summed E-state index contributed by atoms with van der Waals surface area (Å²) in [6, 6.07) is 6.04. The summed E-state index contributed by atoms with van der Waals surface area (Å²) < 4.78 is 0. The zero-order chi connectivity index (χ0) is 11.5. The first-order valence-electron chi connectivity index (χ1n) is 5.80. The second kappa shape index (κ2) is 4.56. The Morgan fingerprint density at radius 2 is 1.88 bits per heavy atom. The molecule has 0 spiro atoms. The normalized spacial score (nSPS) is 15.2. The number of anilines is 1. The molecule has 16 heavy (non-hydrogen) atoms. The highest BCUT2D eigenvalue weighted by atomic mass is 16.2. The van der Waals surface area contributed by atoms with Crippen molar-refractivity contribution >= 4 is 11.7 Å². The van der Waals surface area contributed by atoms with Gasteiger partial charge in [0.15, 0.2) is 0 Å². The molecule has 2 amide bonds. The van der Waals surface area contributed by atoms with Crippen molar-refractivity contribution in [3.05, 3.63) is 29.3 Å². The van der Waals surface area contributed by atoms with Crippen LogP contribution >= 0.6 is 0 Å². The van der Waals surface area contributed by atoms with E-state index in [1.807, 2.05) is 23.1 Å². The third-order valence-electron chi connectivity index (χ3n) is 3.15. The Morgan fingerprint density at radius 3 is 2.50 bits per heavy atom. The van der Waals surface area contributed by atoms with Gasteiger partial charge in [-0.05, 0) is 49.9 Å². The monoisotopic (exact) mass is 218 g/mol. The van der Waals surface area contributed by atoms with Crippen LogP contribution in [0.2, 0.25) is 0 Å². The molecular formula is C13H18N2O. The minimum Gasteiger partial charge on any atom is -0.325 e. The zero-order valence-corrected chi connectivity index (χ0v) is 9.92. The number of likely N-dealkylation sites (tertiary alicyclic amines) is 1. The van der Waals surface area contributed by atoms with Gasteiger partial charge in [-0.1, -0.05) is 6.07 Å². The molecule has 1 aromatic rings. The van der Waals surface area contributed by atoms with E-state index in [0.717, 1.165) is 31.6 Å². The van der Waals surface area contributed by atoms with Crippen molar-refractivity contribution in [3.63, 3.8) is 0 Å². The number of rotatable bonds is 1. The van der Waals surface area contributed by atoms with E-state index in [2.05, 4.69) is 19.2 Å². The minimum atomic E-state index is 0.0285. The van der Waals surface area contributed by atoms with Gasteiger partial charge in [0.2, 0.25) is 0 Å². The Morgan fingerprint density at radius 1 is 1.19 bits per heavy atom. The maximum absolute atomic E-state index is 11.8. The van der Waals surface area contributed by atoms with Gasteiger partial charge in [0.1, 0.15) is 0 Å². The third kappa shape index (κ3) is 2.35. The summed E-state index contributed by atoms with van der Waals surface area (Å²) in [6.45, 7) is 5.90. The molecule has 1 saturated heterocycles. The number of hydrogen-bond donors (Lipinski definition) is 1. The largest absolute Gasteiger partial charge is 0.325 e. The first-order valence-corrected chi connectivity index (χ1v) is 5.80. The molecule has 0 bridgehead atoms. The molecule has 0 aromatic heterocycles. The molecule has 0 saturated carbocycles. The van der Waals surface area contributed by atoms with Crippen molar-refractivity contribution in [1.29, 1.82) is 0 Å². The van der Waals surface area contributed by atoms with Gasteiger partial charge in [-0.2, -0.15) is 0 Å². The fourth-order valence-corrected chi connectivity index (χ4v) is 1.94. The Balaban J connectivity index is 2.02. The van der Waals surface area contributed by atoms with Crippen LogP contribution in [0.15, 0.2) is 18.2 Å². The number of nitrogens with zero attached hydrogens (tertiary/aromatic N) is 1. The van der Waals surface area contributed by atoms with E-state index in [9.17, 15) is 4.79 Å². The van der Waals surface area contributed by atoms with E-state index in [-0.39, 0.29) is 6.03 Å². The van der Waals surface area contributed by atoms with Gasteiger partial charge in [0.05, 0.1) is 0 Å². The van der Waals surface area contributed by atoms with E-state index in [4.69, 9.17) is 0 Å². The van der Waals surface area contributed by atoms with Crippen molar-refractivity contribution in [1.82, 2.24) is 4.90 Å². The third-order valence-corrected chi connectivity index (χ3v) is 3.15. The molecule has 2 rings (SSSR count). The molecule has 0 aliphatic carbocycles. The van der Waals surface area contributed by atoms with Gasteiger partial charge >= 0.3 is 6.03 Å². The quantitative estimate of drug-likeness (QED) is 0.772. The van der Waals surface area contributed by atoms with Crippen molar-refractivity contribution < 1.29 is 4.79 Å². The summed E-state index contributed by atoms with van der Waals surface area (Å²) in [5.41, 5.74) is 3.35. The second-order valence-corrected chi connectivity index (χ2v) is 4.42. The first-order chi connectivity index (χ1) is 7.66. The van der Waals surface area contributed by atoms with Crippen LogP contribution in [-0.4, -0.2) is 24.0 Å². The number of hydrogen-bond acceptors (Lipinski definition) is 1. The lowest BCUT2D eigenvalue weighted by Crippen LogP contribution is -2.32. The molecule has 0 atom stereocenters. The van der Waals surface area contributed by atoms with E-state index in [1.165, 1.54) is 11.1 Å². The molecule has 1 aromatic carbocycles. The van der Waals surface area contributed by atoms with E-state index in [1.54, 1.807) is 0 Å². The lowest BCUT2D eigenvalue weighted by molar-refractivity contribution is 0.222. The summed E-state index contributed by atoms with van der Waals surface area (Å²) in [5, 5.41) is 2.94. The number of aryl methyl sites for hydroxylation is 2. The van der Waals surface area contributed by atoms with Crippen LogP contribution in [0.4, 0.5) is 10.5 Å². The van der Waals surface area contributed by atoms with Crippen LogP contribution in [-0.2, 0) is 0 Å². The highest BCUT2D eigenvalue weighted by Crippen LogP contribution is 2.16. The molecular weight excluding hydrogens is 200 g/mol. The molecule has 1 aliphatic rings. The van der Waals surface area contributed by atoms with Gasteiger partial charge in [0.25, 0.3) is 0 Å². The number of benzene rings is 1. The molecule has 1 N–H and O–H groups in total. The Labute approximate surface area is 96.5 Å².